The van der Waals surface area contributed by atoms with Crippen LogP contribution in [0.3, 0.4) is 0 Å². The van der Waals surface area contributed by atoms with Crippen molar-refractivity contribution in [3.63, 3.8) is 0 Å². The molecule has 2 aromatic rings. The van der Waals surface area contributed by atoms with Crippen molar-refractivity contribution in [2.75, 3.05) is 0 Å². The lowest BCUT2D eigenvalue weighted by Crippen LogP contribution is -1.95. The van der Waals surface area contributed by atoms with E-state index in [4.69, 9.17) is 5.11 Å². The highest BCUT2D eigenvalue weighted by Gasteiger charge is 2.19. The smallest absolute Gasteiger partial charge is 0.353 e. The predicted molar refractivity (Wildman–Crippen MR) is 70.7 cm³/mol. The van der Waals surface area contributed by atoms with Crippen LogP contribution in [-0.4, -0.2) is 21.3 Å². The third-order valence-electron chi connectivity index (χ3n) is 3.26. The van der Waals surface area contributed by atoms with Crippen LogP contribution in [0.2, 0.25) is 0 Å². The number of fused-ring (bicyclic) bond motifs is 1. The van der Waals surface area contributed by atoms with Crippen molar-refractivity contribution < 1.29 is 9.90 Å². The second-order valence-electron chi connectivity index (χ2n) is 4.42. The Morgan fingerprint density at radius 1 is 1.33 bits per heavy atom. The Morgan fingerprint density at radius 2 is 2.17 bits per heavy atom. The lowest BCUT2D eigenvalue weighted by Gasteiger charge is -2.06. The number of halogens is 1. The summed E-state index contributed by atoms with van der Waals surface area (Å²) in [6, 6.07) is 5.73. The molecule has 0 atom stereocenters. The van der Waals surface area contributed by atoms with Gasteiger partial charge in [0.25, 0.3) is 0 Å². The summed E-state index contributed by atoms with van der Waals surface area (Å²) in [4.78, 5) is 10.9. The van der Waals surface area contributed by atoms with E-state index in [-0.39, 0.29) is 5.69 Å². The van der Waals surface area contributed by atoms with Gasteiger partial charge in [-0.15, -0.1) is 0 Å². The van der Waals surface area contributed by atoms with Gasteiger partial charge in [0.05, 0.1) is 5.69 Å². The van der Waals surface area contributed by atoms with E-state index in [0.717, 1.165) is 29.3 Å². The van der Waals surface area contributed by atoms with Crippen molar-refractivity contribution in [1.82, 2.24) is 10.2 Å². The molecular formula is C13H11BrN2O2. The third kappa shape index (κ3) is 1.84. The molecule has 0 amide bonds. The Balaban J connectivity index is 2.13. The number of aromatic amines is 1. The van der Waals surface area contributed by atoms with Gasteiger partial charge in [0.2, 0.25) is 0 Å². The molecule has 92 valence electrons. The van der Waals surface area contributed by atoms with Crippen molar-refractivity contribution in [2.24, 2.45) is 0 Å². The first-order chi connectivity index (χ1) is 8.65. The molecule has 1 aliphatic rings. The molecule has 1 aromatic heterocycles. The fourth-order valence-corrected chi connectivity index (χ4v) is 2.97. The Bertz CT molecular complexity index is 634. The van der Waals surface area contributed by atoms with Crippen LogP contribution in [0.25, 0.3) is 11.3 Å². The number of carboxylic acids is 1. The first-order valence-corrected chi connectivity index (χ1v) is 6.55. The quantitative estimate of drug-likeness (QED) is 0.896. The standard InChI is InChI=1S/C13H11BrN2O2/c14-8-4-7-2-1-3-9(7)10(5-8)11-6-12(13(17)18)16-15-11/h4-6H,1-3H2,(H,15,16)(H,17,18). The second-order valence-corrected chi connectivity index (χ2v) is 5.33. The van der Waals surface area contributed by atoms with Crippen molar-refractivity contribution in [3.05, 3.63) is 39.5 Å². The van der Waals surface area contributed by atoms with Crippen molar-refractivity contribution in [2.45, 2.75) is 19.3 Å². The van der Waals surface area contributed by atoms with Gasteiger partial charge in [0.1, 0.15) is 5.69 Å². The summed E-state index contributed by atoms with van der Waals surface area (Å²) in [6.07, 6.45) is 3.26. The Hall–Kier alpha value is -1.62. The van der Waals surface area contributed by atoms with Gasteiger partial charge in [0.15, 0.2) is 0 Å². The maximum absolute atomic E-state index is 10.9. The minimum atomic E-state index is -0.986. The predicted octanol–water partition coefficient (Wildman–Crippen LogP) is 3.03. The highest BCUT2D eigenvalue weighted by molar-refractivity contribution is 9.10. The van der Waals surface area contributed by atoms with E-state index < -0.39 is 5.97 Å². The summed E-state index contributed by atoms with van der Waals surface area (Å²) in [6.45, 7) is 0. The van der Waals surface area contributed by atoms with Crippen LogP contribution < -0.4 is 0 Å². The minimum Gasteiger partial charge on any atom is -0.477 e. The lowest BCUT2D eigenvalue weighted by atomic mass is 10.0. The number of carbonyl (C=O) groups is 1. The number of aromatic carboxylic acids is 1. The molecule has 0 saturated heterocycles. The number of nitrogens with one attached hydrogen (secondary N) is 1. The fourth-order valence-electron chi connectivity index (χ4n) is 2.46. The maximum atomic E-state index is 10.9. The number of nitrogens with zero attached hydrogens (tertiary/aromatic N) is 1. The summed E-state index contributed by atoms with van der Waals surface area (Å²) in [5.74, 6) is -0.986. The molecule has 2 N–H and O–H groups in total. The van der Waals surface area contributed by atoms with Crippen LogP contribution in [0.15, 0.2) is 22.7 Å². The highest BCUT2D eigenvalue weighted by atomic mass is 79.9. The van der Waals surface area contributed by atoms with E-state index >= 15 is 0 Å². The number of carboxylic acid groups (broad SMARTS) is 1. The van der Waals surface area contributed by atoms with Gasteiger partial charge in [-0.3, -0.25) is 5.10 Å². The topological polar surface area (TPSA) is 66.0 Å². The van der Waals surface area contributed by atoms with Gasteiger partial charge >= 0.3 is 5.97 Å². The van der Waals surface area contributed by atoms with Gasteiger partial charge in [0, 0.05) is 10.0 Å². The van der Waals surface area contributed by atoms with Crippen LogP contribution in [0.4, 0.5) is 0 Å². The fraction of sp³-hybridized carbons (Fsp3) is 0.231. The van der Waals surface area contributed by atoms with E-state index in [0.29, 0.717) is 5.69 Å². The largest absolute Gasteiger partial charge is 0.477 e. The zero-order valence-corrected chi connectivity index (χ0v) is 11.1. The average molecular weight is 307 g/mol. The van der Waals surface area contributed by atoms with Gasteiger partial charge in [-0.1, -0.05) is 15.9 Å². The molecule has 1 aromatic carbocycles. The van der Waals surface area contributed by atoms with Crippen LogP contribution in [0.1, 0.15) is 28.0 Å². The summed E-state index contributed by atoms with van der Waals surface area (Å²) < 4.78 is 1.01. The molecule has 1 aliphatic carbocycles. The zero-order valence-electron chi connectivity index (χ0n) is 9.53. The molecule has 0 bridgehead atoms. The number of benzene rings is 1. The monoisotopic (exact) mass is 306 g/mol. The van der Waals surface area contributed by atoms with Crippen molar-refractivity contribution >= 4 is 21.9 Å². The van der Waals surface area contributed by atoms with Gasteiger partial charge < -0.3 is 5.11 Å². The molecule has 0 saturated carbocycles. The van der Waals surface area contributed by atoms with Crippen LogP contribution in [0.5, 0.6) is 0 Å². The van der Waals surface area contributed by atoms with E-state index in [1.807, 2.05) is 6.07 Å². The Labute approximate surface area is 112 Å². The molecule has 4 nitrogen and oxygen atoms in total. The van der Waals surface area contributed by atoms with Crippen LogP contribution in [-0.2, 0) is 12.8 Å². The van der Waals surface area contributed by atoms with E-state index in [2.05, 4.69) is 32.2 Å². The average Bonchev–Trinajstić information content (AvgIpc) is 2.95. The SMILES string of the molecule is O=C(O)c1cc(-c2cc(Br)cc3c2CCC3)n[nH]1. The number of H-pyrrole nitrogens is 1. The molecule has 18 heavy (non-hydrogen) atoms. The Kier molecular flexibility index (Phi) is 2.70. The minimum absolute atomic E-state index is 0.122. The molecule has 0 radical (unpaired) electrons. The summed E-state index contributed by atoms with van der Waals surface area (Å²) >= 11 is 3.49. The summed E-state index contributed by atoms with van der Waals surface area (Å²) in [5.41, 5.74) is 4.48. The molecular weight excluding hydrogens is 296 g/mol. The van der Waals surface area contributed by atoms with Crippen molar-refractivity contribution in [3.8, 4) is 11.3 Å². The van der Waals surface area contributed by atoms with Crippen LogP contribution >= 0.6 is 15.9 Å². The molecule has 3 rings (SSSR count). The van der Waals surface area contributed by atoms with E-state index in [1.165, 1.54) is 11.1 Å². The van der Waals surface area contributed by atoms with Crippen LogP contribution in [0, 0.1) is 0 Å². The van der Waals surface area contributed by atoms with Gasteiger partial charge in [-0.2, -0.15) is 5.10 Å². The summed E-state index contributed by atoms with van der Waals surface area (Å²) in [7, 11) is 0. The number of aryl methyl sites for hydroxylation is 1. The van der Waals surface area contributed by atoms with E-state index in [1.54, 1.807) is 6.07 Å². The third-order valence-corrected chi connectivity index (χ3v) is 3.72. The lowest BCUT2D eigenvalue weighted by molar-refractivity contribution is 0.0690. The number of aromatic nitrogens is 2. The normalized spacial score (nSPS) is 13.6. The maximum Gasteiger partial charge on any atom is 0.353 e. The molecule has 0 unspecified atom stereocenters. The first kappa shape index (κ1) is 11.5. The molecule has 0 aliphatic heterocycles. The Morgan fingerprint density at radius 3 is 2.89 bits per heavy atom. The number of hydrogen-bond acceptors (Lipinski definition) is 2. The van der Waals surface area contributed by atoms with E-state index in [9.17, 15) is 4.79 Å². The molecule has 1 heterocycles. The molecule has 0 spiro atoms. The summed E-state index contributed by atoms with van der Waals surface area (Å²) in [5, 5.41) is 15.6. The molecule has 0 fully saturated rings. The first-order valence-electron chi connectivity index (χ1n) is 5.75. The molecule has 5 heteroatoms. The van der Waals surface area contributed by atoms with Crippen molar-refractivity contribution in [1.29, 1.82) is 0 Å². The van der Waals surface area contributed by atoms with Gasteiger partial charge in [-0.25, -0.2) is 4.79 Å². The number of hydrogen-bond donors (Lipinski definition) is 2. The highest BCUT2D eigenvalue weighted by Crippen LogP contribution is 2.34. The second kappa shape index (κ2) is 4.24. The van der Waals surface area contributed by atoms with Gasteiger partial charge in [-0.05, 0) is 48.6 Å². The number of rotatable bonds is 2. The zero-order chi connectivity index (χ0) is 12.7.